The number of aromatic nitrogens is 3. The van der Waals surface area contributed by atoms with E-state index in [2.05, 4.69) is 10.3 Å². The van der Waals surface area contributed by atoms with Crippen LogP contribution in [0, 0.1) is 6.92 Å². The lowest BCUT2D eigenvalue weighted by atomic mass is 10.2. The molecule has 1 amide bonds. The number of carbonyl (C=O) groups excluding carboxylic acids is 1. The molecule has 0 unspecified atom stereocenters. The molecule has 2 rings (SSSR count). The predicted octanol–water partition coefficient (Wildman–Crippen LogP) is 1.54. The second-order valence-corrected chi connectivity index (χ2v) is 6.21. The first kappa shape index (κ1) is 20.4. The molecule has 0 aliphatic rings. The van der Waals surface area contributed by atoms with Crippen LogP contribution in [0.2, 0.25) is 0 Å². The Hall–Kier alpha value is -2.94. The Balaban J connectivity index is 2.24. The zero-order valence-electron chi connectivity index (χ0n) is 15.9. The third-order valence-electron chi connectivity index (χ3n) is 3.73. The van der Waals surface area contributed by atoms with Gasteiger partial charge in [-0.15, -0.1) is 5.10 Å². The Labute approximate surface area is 157 Å². The van der Waals surface area contributed by atoms with E-state index in [1.54, 1.807) is 6.92 Å². The molecule has 9 heteroatoms. The molecule has 0 aliphatic carbocycles. The van der Waals surface area contributed by atoms with E-state index in [1.165, 1.54) is 16.7 Å². The van der Waals surface area contributed by atoms with Crippen molar-refractivity contribution < 1.29 is 24.2 Å². The van der Waals surface area contributed by atoms with Crippen LogP contribution >= 0.6 is 0 Å². The van der Waals surface area contributed by atoms with Crippen molar-refractivity contribution in [1.82, 2.24) is 19.9 Å². The van der Waals surface area contributed by atoms with Crippen molar-refractivity contribution in [2.24, 2.45) is 0 Å². The normalized spacial score (nSPS) is 10.9. The average molecular weight is 376 g/mol. The number of hydrogen-bond acceptors (Lipinski definition) is 6. The topological polar surface area (TPSA) is 107 Å². The van der Waals surface area contributed by atoms with Crippen LogP contribution in [0.1, 0.15) is 30.0 Å². The molecule has 9 nitrogen and oxygen atoms in total. The third-order valence-corrected chi connectivity index (χ3v) is 3.73. The van der Waals surface area contributed by atoms with E-state index in [9.17, 15) is 9.59 Å². The number of carboxylic acids is 1. The second-order valence-electron chi connectivity index (χ2n) is 6.21. The minimum Gasteiger partial charge on any atom is -0.491 e. The van der Waals surface area contributed by atoms with E-state index in [4.69, 9.17) is 14.6 Å². The smallest absolute Gasteiger partial charge is 0.323 e. The largest absolute Gasteiger partial charge is 0.491 e. The van der Waals surface area contributed by atoms with Gasteiger partial charge in [0.15, 0.2) is 5.69 Å². The number of benzene rings is 1. The first-order chi connectivity index (χ1) is 12.8. The maximum Gasteiger partial charge on any atom is 0.323 e. The molecule has 1 aromatic carbocycles. The van der Waals surface area contributed by atoms with E-state index >= 15 is 0 Å². The van der Waals surface area contributed by atoms with Crippen LogP contribution in [0.5, 0.6) is 5.75 Å². The van der Waals surface area contributed by atoms with Gasteiger partial charge in [0, 0.05) is 13.7 Å². The summed E-state index contributed by atoms with van der Waals surface area (Å²) in [6.07, 6.45) is 0.0699. The maximum atomic E-state index is 12.7. The Morgan fingerprint density at radius 1 is 1.26 bits per heavy atom. The van der Waals surface area contributed by atoms with E-state index in [0.717, 1.165) is 11.4 Å². The monoisotopic (exact) mass is 376 g/mol. The summed E-state index contributed by atoms with van der Waals surface area (Å²) in [5.41, 5.74) is 1.34. The number of rotatable bonds is 9. The molecule has 0 radical (unpaired) electrons. The van der Waals surface area contributed by atoms with Gasteiger partial charge in [-0.05, 0) is 45.0 Å². The third kappa shape index (κ3) is 5.27. The number of nitrogens with zero attached hydrogens (tertiary/aromatic N) is 4. The van der Waals surface area contributed by atoms with Gasteiger partial charge in [0.1, 0.15) is 12.3 Å². The first-order valence-corrected chi connectivity index (χ1v) is 8.53. The van der Waals surface area contributed by atoms with Gasteiger partial charge in [0.05, 0.1) is 24.1 Å². The van der Waals surface area contributed by atoms with E-state index in [1.807, 2.05) is 38.1 Å². The van der Waals surface area contributed by atoms with Crippen molar-refractivity contribution >= 4 is 11.9 Å². The van der Waals surface area contributed by atoms with Gasteiger partial charge in [0.2, 0.25) is 0 Å². The molecule has 1 N–H and O–H groups in total. The number of hydrogen-bond donors (Lipinski definition) is 1. The summed E-state index contributed by atoms with van der Waals surface area (Å²) in [6.45, 7) is 5.54. The molecule has 2 aromatic rings. The summed E-state index contributed by atoms with van der Waals surface area (Å²) in [4.78, 5) is 24.9. The first-order valence-electron chi connectivity index (χ1n) is 8.53. The summed E-state index contributed by atoms with van der Waals surface area (Å²) >= 11 is 0. The molecule has 0 spiro atoms. The van der Waals surface area contributed by atoms with Crippen LogP contribution in [0.15, 0.2) is 24.3 Å². The Morgan fingerprint density at radius 3 is 2.48 bits per heavy atom. The Bertz CT molecular complexity index is 786. The molecule has 146 valence electrons. The molecular formula is C18H24N4O5. The minimum atomic E-state index is -1.11. The zero-order valence-corrected chi connectivity index (χ0v) is 15.9. The molecule has 0 atom stereocenters. The molecule has 0 saturated heterocycles. The van der Waals surface area contributed by atoms with Gasteiger partial charge < -0.3 is 19.5 Å². The number of aliphatic carboxylic acids is 1. The number of ether oxygens (including phenoxy) is 2. The fourth-order valence-electron chi connectivity index (χ4n) is 2.48. The lowest BCUT2D eigenvalue weighted by Crippen LogP contribution is -2.38. The van der Waals surface area contributed by atoms with Gasteiger partial charge in [-0.3, -0.25) is 9.59 Å². The highest BCUT2D eigenvalue weighted by atomic mass is 16.5. The molecule has 0 aliphatic heterocycles. The van der Waals surface area contributed by atoms with Crippen LogP contribution in [0.4, 0.5) is 0 Å². The van der Waals surface area contributed by atoms with E-state index in [-0.39, 0.29) is 24.9 Å². The molecule has 1 aromatic heterocycles. The lowest BCUT2D eigenvalue weighted by molar-refractivity contribution is -0.137. The second kappa shape index (κ2) is 9.13. The highest BCUT2D eigenvalue weighted by molar-refractivity contribution is 5.95. The fraction of sp³-hybridized carbons (Fsp3) is 0.444. The van der Waals surface area contributed by atoms with Gasteiger partial charge >= 0.3 is 5.97 Å². The predicted molar refractivity (Wildman–Crippen MR) is 97.3 cm³/mol. The summed E-state index contributed by atoms with van der Waals surface area (Å²) in [5, 5.41) is 17.0. The van der Waals surface area contributed by atoms with Gasteiger partial charge in [-0.1, -0.05) is 5.21 Å². The zero-order chi connectivity index (χ0) is 20.0. The average Bonchev–Trinajstić information content (AvgIpc) is 2.99. The summed E-state index contributed by atoms with van der Waals surface area (Å²) in [5.74, 6) is -0.877. The van der Waals surface area contributed by atoms with Crippen LogP contribution in [-0.4, -0.2) is 69.8 Å². The Morgan fingerprint density at radius 2 is 1.93 bits per heavy atom. The van der Waals surface area contributed by atoms with Crippen molar-refractivity contribution in [2.45, 2.75) is 26.9 Å². The molecule has 0 bridgehead atoms. The molecule has 1 heterocycles. The summed E-state index contributed by atoms with van der Waals surface area (Å²) in [6, 6.07) is 7.25. The SMILES string of the molecule is COCCN(CC(=O)O)C(=O)c1nnn(-c2ccc(OC(C)C)cc2)c1C. The number of carboxylic acid groups (broad SMARTS) is 1. The molecule has 0 saturated carbocycles. The van der Waals surface area contributed by atoms with Crippen molar-refractivity contribution in [1.29, 1.82) is 0 Å². The molecule has 27 heavy (non-hydrogen) atoms. The van der Waals surface area contributed by atoms with Gasteiger partial charge in [0.25, 0.3) is 5.91 Å². The van der Waals surface area contributed by atoms with Crippen molar-refractivity contribution in [3.8, 4) is 11.4 Å². The van der Waals surface area contributed by atoms with Crippen LogP contribution in [0.3, 0.4) is 0 Å². The van der Waals surface area contributed by atoms with Gasteiger partial charge in [-0.2, -0.15) is 0 Å². The van der Waals surface area contributed by atoms with Crippen LogP contribution in [0.25, 0.3) is 5.69 Å². The summed E-state index contributed by atoms with van der Waals surface area (Å²) in [7, 11) is 1.48. The highest BCUT2D eigenvalue weighted by Gasteiger charge is 2.24. The Kier molecular flexibility index (Phi) is 6.89. The van der Waals surface area contributed by atoms with E-state index < -0.39 is 18.4 Å². The fourth-order valence-corrected chi connectivity index (χ4v) is 2.48. The maximum absolute atomic E-state index is 12.7. The van der Waals surface area contributed by atoms with Crippen molar-refractivity contribution in [2.75, 3.05) is 26.8 Å². The van der Waals surface area contributed by atoms with Crippen molar-refractivity contribution in [3.05, 3.63) is 35.7 Å². The van der Waals surface area contributed by atoms with Crippen LogP contribution in [-0.2, 0) is 9.53 Å². The highest BCUT2D eigenvalue weighted by Crippen LogP contribution is 2.18. The molecule has 0 fully saturated rings. The number of carbonyl (C=O) groups is 2. The molecular weight excluding hydrogens is 352 g/mol. The minimum absolute atomic E-state index is 0.0699. The van der Waals surface area contributed by atoms with E-state index in [0.29, 0.717) is 5.69 Å². The summed E-state index contributed by atoms with van der Waals surface area (Å²) < 4.78 is 12.1. The number of amides is 1. The standard InChI is InChI=1S/C18H24N4O5/c1-12(2)27-15-7-5-14(6-8-15)22-13(3)17(19-20-22)18(25)21(9-10-26-4)11-16(23)24/h5-8,12H,9-11H2,1-4H3,(H,23,24). The quantitative estimate of drug-likeness (QED) is 0.707. The lowest BCUT2D eigenvalue weighted by Gasteiger charge is -2.19. The van der Waals surface area contributed by atoms with Gasteiger partial charge in [-0.25, -0.2) is 4.68 Å². The van der Waals surface area contributed by atoms with Crippen molar-refractivity contribution in [3.63, 3.8) is 0 Å². The van der Waals surface area contributed by atoms with Crippen LogP contribution < -0.4 is 4.74 Å². The number of methoxy groups -OCH3 is 1.